The highest BCUT2D eigenvalue weighted by atomic mass is 35.5. The molecular formula is C15H22Cl2N2OS. The zero-order chi connectivity index (χ0) is 14.5. The monoisotopic (exact) mass is 348 g/mol. The Hall–Kier alpha value is -0.420. The van der Waals surface area contributed by atoms with Crippen LogP contribution in [0.25, 0.3) is 0 Å². The van der Waals surface area contributed by atoms with Gasteiger partial charge in [0.2, 0.25) is 5.91 Å². The molecule has 6 heteroatoms. The molecule has 2 rings (SSSR count). The average molecular weight is 349 g/mol. The van der Waals surface area contributed by atoms with Crippen LogP contribution in [0.2, 0.25) is 5.02 Å². The number of thioether (sulfide) groups is 1. The minimum atomic E-state index is -0.106. The molecule has 1 aromatic rings. The van der Waals surface area contributed by atoms with Gasteiger partial charge in [0.25, 0.3) is 0 Å². The highest BCUT2D eigenvalue weighted by Crippen LogP contribution is 2.31. The van der Waals surface area contributed by atoms with Gasteiger partial charge in [-0.25, -0.2) is 0 Å². The summed E-state index contributed by atoms with van der Waals surface area (Å²) in [5.41, 5.74) is 0. The zero-order valence-corrected chi connectivity index (χ0v) is 14.7. The van der Waals surface area contributed by atoms with Gasteiger partial charge >= 0.3 is 0 Å². The average Bonchev–Trinajstić information content (AvgIpc) is 2.48. The first-order valence-electron chi connectivity index (χ1n) is 6.99. The first-order valence-corrected chi connectivity index (χ1v) is 8.25. The normalized spacial score (nSPS) is 19.8. The van der Waals surface area contributed by atoms with Gasteiger partial charge in [0.05, 0.1) is 10.3 Å². The summed E-state index contributed by atoms with van der Waals surface area (Å²) in [6.45, 7) is 3.63. The van der Waals surface area contributed by atoms with Gasteiger partial charge in [0.1, 0.15) is 0 Å². The number of nitrogens with one attached hydrogen (secondary N) is 1. The number of carbonyl (C=O) groups is 1. The molecule has 118 valence electrons. The number of halogens is 2. The lowest BCUT2D eigenvalue weighted by Crippen LogP contribution is -2.49. The standard InChI is InChI=1S/C15H21ClN2OS.ClH/c1-11(20-14-8-4-3-7-13(14)16)15(19)18-9-5-6-12(10-18)17-2;/h3-4,7-8,11-12,17H,5-6,9-10H2,1-2H3;1H. The highest BCUT2D eigenvalue weighted by Gasteiger charge is 2.26. The molecule has 0 bridgehead atoms. The van der Waals surface area contributed by atoms with Gasteiger partial charge in [-0.2, -0.15) is 0 Å². The molecule has 1 aromatic carbocycles. The topological polar surface area (TPSA) is 32.3 Å². The molecule has 1 fully saturated rings. The van der Waals surface area contributed by atoms with Gasteiger partial charge < -0.3 is 10.2 Å². The van der Waals surface area contributed by atoms with Crippen LogP contribution in [0.1, 0.15) is 19.8 Å². The molecule has 0 spiro atoms. The number of likely N-dealkylation sites (N-methyl/N-ethyl adjacent to an activating group) is 1. The van der Waals surface area contributed by atoms with Crippen molar-refractivity contribution in [3.05, 3.63) is 29.3 Å². The van der Waals surface area contributed by atoms with E-state index in [0.717, 1.165) is 30.8 Å². The summed E-state index contributed by atoms with van der Waals surface area (Å²) in [5.74, 6) is 0.204. The number of piperidine rings is 1. The molecule has 3 nitrogen and oxygen atoms in total. The van der Waals surface area contributed by atoms with Crippen molar-refractivity contribution in [3.63, 3.8) is 0 Å². The van der Waals surface area contributed by atoms with E-state index in [0.29, 0.717) is 11.1 Å². The smallest absolute Gasteiger partial charge is 0.235 e. The van der Waals surface area contributed by atoms with Crippen LogP contribution >= 0.6 is 35.8 Å². The molecule has 0 saturated carbocycles. The minimum absolute atomic E-state index is 0. The molecule has 2 unspecified atom stereocenters. The molecule has 21 heavy (non-hydrogen) atoms. The fourth-order valence-electron chi connectivity index (χ4n) is 2.45. The molecule has 0 radical (unpaired) electrons. The van der Waals surface area contributed by atoms with E-state index in [9.17, 15) is 4.79 Å². The molecule has 1 amide bonds. The fourth-order valence-corrected chi connectivity index (χ4v) is 3.69. The summed E-state index contributed by atoms with van der Waals surface area (Å²) in [4.78, 5) is 15.5. The molecule has 1 saturated heterocycles. The lowest BCUT2D eigenvalue weighted by Gasteiger charge is -2.34. The van der Waals surface area contributed by atoms with E-state index in [1.165, 1.54) is 11.8 Å². The number of rotatable bonds is 4. The van der Waals surface area contributed by atoms with E-state index in [-0.39, 0.29) is 23.6 Å². The Morgan fingerprint density at radius 3 is 2.86 bits per heavy atom. The predicted molar refractivity (Wildman–Crippen MR) is 92.7 cm³/mol. The molecule has 1 heterocycles. The van der Waals surface area contributed by atoms with E-state index in [4.69, 9.17) is 11.6 Å². The van der Waals surface area contributed by atoms with Crippen molar-refractivity contribution in [1.82, 2.24) is 10.2 Å². The Kier molecular flexibility index (Phi) is 7.88. The number of likely N-dealkylation sites (tertiary alicyclic amines) is 1. The van der Waals surface area contributed by atoms with Crippen molar-refractivity contribution in [2.75, 3.05) is 20.1 Å². The third-order valence-corrected chi connectivity index (χ3v) is 5.24. The number of carbonyl (C=O) groups excluding carboxylic acids is 1. The first-order chi connectivity index (χ1) is 9.61. The van der Waals surface area contributed by atoms with E-state index < -0.39 is 0 Å². The van der Waals surface area contributed by atoms with E-state index >= 15 is 0 Å². The summed E-state index contributed by atoms with van der Waals surface area (Å²) in [6, 6.07) is 8.09. The van der Waals surface area contributed by atoms with Gasteiger partial charge in [0.15, 0.2) is 0 Å². The van der Waals surface area contributed by atoms with Crippen LogP contribution in [-0.4, -0.2) is 42.2 Å². The van der Waals surface area contributed by atoms with E-state index in [1.807, 2.05) is 43.1 Å². The largest absolute Gasteiger partial charge is 0.340 e. The molecular weight excluding hydrogens is 327 g/mol. The SMILES string of the molecule is CNC1CCCN(C(=O)C(C)Sc2ccccc2Cl)C1.Cl. The van der Waals surface area contributed by atoms with Crippen molar-refractivity contribution < 1.29 is 4.79 Å². The second kappa shape index (κ2) is 8.89. The third kappa shape index (κ3) is 5.06. The molecule has 1 aliphatic heterocycles. The maximum Gasteiger partial charge on any atom is 0.235 e. The summed E-state index contributed by atoms with van der Waals surface area (Å²) in [7, 11) is 1.96. The van der Waals surface area contributed by atoms with Crippen molar-refractivity contribution in [2.45, 2.75) is 36.0 Å². The molecule has 0 aliphatic carbocycles. The van der Waals surface area contributed by atoms with Crippen LogP contribution in [0.3, 0.4) is 0 Å². The lowest BCUT2D eigenvalue weighted by atomic mass is 10.1. The zero-order valence-electron chi connectivity index (χ0n) is 12.3. The minimum Gasteiger partial charge on any atom is -0.340 e. The Morgan fingerprint density at radius 2 is 2.19 bits per heavy atom. The van der Waals surface area contributed by atoms with Gasteiger partial charge in [-0.15, -0.1) is 24.2 Å². The summed E-state index contributed by atoms with van der Waals surface area (Å²) in [6.07, 6.45) is 2.22. The second-order valence-electron chi connectivity index (χ2n) is 5.10. The van der Waals surface area contributed by atoms with Crippen LogP contribution in [0.15, 0.2) is 29.2 Å². The first kappa shape index (κ1) is 18.6. The number of hydrogen-bond acceptors (Lipinski definition) is 3. The maximum atomic E-state index is 12.5. The summed E-state index contributed by atoms with van der Waals surface area (Å²) in [5, 5.41) is 3.87. The maximum absolute atomic E-state index is 12.5. The Labute approximate surface area is 142 Å². The number of benzene rings is 1. The van der Waals surface area contributed by atoms with Gasteiger partial charge in [-0.1, -0.05) is 23.7 Å². The fraction of sp³-hybridized carbons (Fsp3) is 0.533. The van der Waals surface area contributed by atoms with Crippen molar-refractivity contribution in [1.29, 1.82) is 0 Å². The molecule has 0 aromatic heterocycles. The number of amides is 1. The van der Waals surface area contributed by atoms with Crippen LogP contribution in [0.5, 0.6) is 0 Å². The van der Waals surface area contributed by atoms with Gasteiger partial charge in [0, 0.05) is 24.0 Å². The summed E-state index contributed by atoms with van der Waals surface area (Å²) < 4.78 is 0. The molecule has 1 aliphatic rings. The number of nitrogens with zero attached hydrogens (tertiary/aromatic N) is 1. The van der Waals surface area contributed by atoms with Crippen molar-refractivity contribution in [3.8, 4) is 0 Å². The summed E-state index contributed by atoms with van der Waals surface area (Å²) >= 11 is 7.69. The van der Waals surface area contributed by atoms with Crippen LogP contribution in [0, 0.1) is 0 Å². The van der Waals surface area contributed by atoms with E-state index in [2.05, 4.69) is 5.32 Å². The van der Waals surface area contributed by atoms with E-state index in [1.54, 1.807) is 0 Å². The Morgan fingerprint density at radius 1 is 1.48 bits per heavy atom. The third-order valence-electron chi connectivity index (χ3n) is 3.63. The highest BCUT2D eigenvalue weighted by molar-refractivity contribution is 8.00. The van der Waals surface area contributed by atoms with Crippen LogP contribution < -0.4 is 5.32 Å². The Balaban J connectivity index is 0.00000220. The Bertz CT molecular complexity index is 473. The molecule has 1 N–H and O–H groups in total. The molecule has 2 atom stereocenters. The van der Waals surface area contributed by atoms with Crippen LogP contribution in [-0.2, 0) is 4.79 Å². The van der Waals surface area contributed by atoms with Gasteiger partial charge in [-0.05, 0) is 38.9 Å². The van der Waals surface area contributed by atoms with Crippen molar-refractivity contribution in [2.24, 2.45) is 0 Å². The predicted octanol–water partition coefficient (Wildman–Crippen LogP) is 3.45. The quantitative estimate of drug-likeness (QED) is 0.845. The van der Waals surface area contributed by atoms with Crippen molar-refractivity contribution >= 4 is 41.7 Å². The number of hydrogen-bond donors (Lipinski definition) is 1. The van der Waals surface area contributed by atoms with Crippen LogP contribution in [0.4, 0.5) is 0 Å². The van der Waals surface area contributed by atoms with Gasteiger partial charge in [-0.3, -0.25) is 4.79 Å². The lowest BCUT2D eigenvalue weighted by molar-refractivity contribution is -0.131. The second-order valence-corrected chi connectivity index (χ2v) is 6.89.